The van der Waals surface area contributed by atoms with Crippen LogP contribution in [0, 0.1) is 0 Å². The van der Waals surface area contributed by atoms with Gasteiger partial charge >= 0.3 is 5.97 Å². The van der Waals surface area contributed by atoms with Crippen LogP contribution in [0.5, 0.6) is 0 Å². The number of esters is 1. The van der Waals surface area contributed by atoms with Crippen molar-refractivity contribution in [2.24, 2.45) is 5.84 Å². The van der Waals surface area contributed by atoms with Crippen LogP contribution in [0.1, 0.15) is 26.7 Å². The smallest absolute Gasteiger partial charge is 0.308 e. The molecule has 0 bridgehead atoms. The molecule has 1 amide bonds. The van der Waals surface area contributed by atoms with Crippen molar-refractivity contribution in [3.05, 3.63) is 0 Å². The quantitative estimate of drug-likeness (QED) is 0.208. The molecule has 0 radical (unpaired) electrons. The average Bonchev–Trinajstić information content (AvgIpc) is 2.16. The van der Waals surface area contributed by atoms with Crippen LogP contribution in [-0.4, -0.2) is 41.4 Å². The second-order valence-corrected chi connectivity index (χ2v) is 3.25. The first-order valence-electron chi connectivity index (χ1n) is 4.75. The molecule has 2 unspecified atom stereocenters. The SMILES string of the molecule is CC(O)CC(=O)NN.COC(=O)CC(C)O. The van der Waals surface area contributed by atoms with Crippen molar-refractivity contribution in [1.82, 2.24) is 5.43 Å². The topological polar surface area (TPSA) is 122 Å². The van der Waals surface area contributed by atoms with Crippen molar-refractivity contribution in [2.75, 3.05) is 7.11 Å². The van der Waals surface area contributed by atoms with Crippen molar-refractivity contribution in [3.8, 4) is 0 Å². The van der Waals surface area contributed by atoms with Crippen LogP contribution >= 0.6 is 0 Å². The fourth-order valence-electron chi connectivity index (χ4n) is 0.652. The third-order valence-corrected chi connectivity index (χ3v) is 1.33. The highest BCUT2D eigenvalue weighted by Crippen LogP contribution is 1.89. The molecular formula is C9H20N2O5. The van der Waals surface area contributed by atoms with Gasteiger partial charge in [-0.05, 0) is 13.8 Å². The van der Waals surface area contributed by atoms with Gasteiger partial charge in [0.2, 0.25) is 5.91 Å². The second-order valence-electron chi connectivity index (χ2n) is 3.25. The standard InChI is InChI=1S/C5H10O3.C4H10N2O2/c1-4(6)3-5(7)8-2;1-3(7)2-4(8)6-5/h4,6H,3H2,1-2H3;3,7H,2,5H2,1H3,(H,6,8). The largest absolute Gasteiger partial charge is 0.469 e. The lowest BCUT2D eigenvalue weighted by atomic mass is 10.3. The van der Waals surface area contributed by atoms with Crippen molar-refractivity contribution < 1.29 is 24.5 Å². The Bertz CT molecular complexity index is 184. The summed E-state index contributed by atoms with van der Waals surface area (Å²) in [7, 11) is 1.30. The molecule has 16 heavy (non-hydrogen) atoms. The summed E-state index contributed by atoms with van der Waals surface area (Å²) in [5.41, 5.74) is 1.90. The highest BCUT2D eigenvalue weighted by Gasteiger charge is 2.03. The lowest BCUT2D eigenvalue weighted by Crippen LogP contribution is -2.32. The van der Waals surface area contributed by atoms with Gasteiger partial charge in [0.05, 0.1) is 32.2 Å². The Morgan fingerprint density at radius 2 is 1.69 bits per heavy atom. The van der Waals surface area contributed by atoms with Crippen molar-refractivity contribution >= 4 is 11.9 Å². The molecule has 7 nitrogen and oxygen atoms in total. The molecule has 0 aliphatic carbocycles. The molecule has 7 heteroatoms. The number of carbonyl (C=O) groups excluding carboxylic acids is 2. The number of carbonyl (C=O) groups is 2. The summed E-state index contributed by atoms with van der Waals surface area (Å²) in [6, 6.07) is 0. The number of amides is 1. The third-order valence-electron chi connectivity index (χ3n) is 1.33. The van der Waals surface area contributed by atoms with E-state index in [1.165, 1.54) is 21.0 Å². The Morgan fingerprint density at radius 1 is 1.25 bits per heavy atom. The summed E-state index contributed by atoms with van der Waals surface area (Å²) in [6.45, 7) is 3.06. The first-order chi connectivity index (χ1) is 7.33. The number of nitrogens with two attached hydrogens (primary N) is 1. The average molecular weight is 236 g/mol. The highest BCUT2D eigenvalue weighted by molar-refractivity contribution is 5.75. The van der Waals surface area contributed by atoms with E-state index < -0.39 is 12.2 Å². The summed E-state index contributed by atoms with van der Waals surface area (Å²) < 4.78 is 4.26. The zero-order valence-corrected chi connectivity index (χ0v) is 9.77. The molecule has 5 N–H and O–H groups in total. The van der Waals surface area contributed by atoms with Gasteiger partial charge in [0.15, 0.2) is 0 Å². The van der Waals surface area contributed by atoms with E-state index in [0.717, 1.165) is 0 Å². The van der Waals surface area contributed by atoms with Crippen molar-refractivity contribution in [3.63, 3.8) is 0 Å². The van der Waals surface area contributed by atoms with E-state index >= 15 is 0 Å². The van der Waals surface area contributed by atoms with Crippen molar-refractivity contribution in [2.45, 2.75) is 38.9 Å². The summed E-state index contributed by atoms with van der Waals surface area (Å²) in [6.07, 6.45) is -1.06. The van der Waals surface area contributed by atoms with Gasteiger partial charge in [-0.3, -0.25) is 15.0 Å². The van der Waals surface area contributed by atoms with E-state index in [2.05, 4.69) is 4.74 Å². The van der Waals surface area contributed by atoms with Gasteiger partial charge in [-0.15, -0.1) is 0 Å². The maximum Gasteiger partial charge on any atom is 0.308 e. The minimum atomic E-state index is -0.612. The minimum Gasteiger partial charge on any atom is -0.469 e. The van der Waals surface area contributed by atoms with E-state index in [9.17, 15) is 9.59 Å². The molecule has 0 aliphatic heterocycles. The van der Waals surface area contributed by atoms with Gasteiger partial charge in [-0.2, -0.15) is 0 Å². The zero-order valence-electron chi connectivity index (χ0n) is 9.77. The number of methoxy groups -OCH3 is 1. The first kappa shape index (κ1) is 17.2. The number of rotatable bonds is 4. The molecule has 0 fully saturated rings. The van der Waals surface area contributed by atoms with E-state index in [1.54, 1.807) is 0 Å². The second kappa shape index (κ2) is 10.3. The monoisotopic (exact) mass is 236 g/mol. The number of ether oxygens (including phenoxy) is 1. The molecule has 96 valence electrons. The summed E-state index contributed by atoms with van der Waals surface area (Å²) in [5, 5.41) is 17.1. The molecule has 0 aromatic carbocycles. The predicted molar refractivity (Wildman–Crippen MR) is 56.9 cm³/mol. The first-order valence-corrected chi connectivity index (χ1v) is 4.75. The molecule has 0 aromatic rings. The Balaban J connectivity index is 0. The Hall–Kier alpha value is -1.18. The number of aliphatic hydroxyl groups is 2. The third kappa shape index (κ3) is 15.3. The van der Waals surface area contributed by atoms with E-state index in [1.807, 2.05) is 5.43 Å². The van der Waals surface area contributed by atoms with Crippen LogP contribution < -0.4 is 11.3 Å². The maximum atomic E-state index is 10.2. The molecule has 0 aromatic heterocycles. The fraction of sp³-hybridized carbons (Fsp3) is 0.778. The number of aliphatic hydroxyl groups excluding tert-OH is 2. The van der Waals surface area contributed by atoms with Crippen LogP contribution in [0.3, 0.4) is 0 Å². The van der Waals surface area contributed by atoms with Gasteiger partial charge in [-0.25, -0.2) is 5.84 Å². The molecule has 0 heterocycles. The lowest BCUT2D eigenvalue weighted by molar-refractivity contribution is -0.142. The number of hydrogen-bond donors (Lipinski definition) is 4. The van der Waals surface area contributed by atoms with E-state index in [4.69, 9.17) is 16.1 Å². The van der Waals surface area contributed by atoms with Gasteiger partial charge in [0.1, 0.15) is 0 Å². The fourth-order valence-corrected chi connectivity index (χ4v) is 0.652. The Morgan fingerprint density at radius 3 is 1.81 bits per heavy atom. The van der Waals surface area contributed by atoms with Gasteiger partial charge in [0.25, 0.3) is 0 Å². The number of nitrogens with one attached hydrogen (secondary N) is 1. The van der Waals surface area contributed by atoms with Crippen molar-refractivity contribution in [1.29, 1.82) is 0 Å². The predicted octanol–water partition coefficient (Wildman–Crippen LogP) is -1.32. The maximum absolute atomic E-state index is 10.2. The van der Waals surface area contributed by atoms with Gasteiger partial charge in [-0.1, -0.05) is 0 Å². The summed E-state index contributed by atoms with van der Waals surface area (Å²) >= 11 is 0. The molecular weight excluding hydrogens is 216 g/mol. The Labute approximate surface area is 94.5 Å². The molecule has 0 aliphatic rings. The Kier molecular flexibility index (Phi) is 11.1. The highest BCUT2D eigenvalue weighted by atomic mass is 16.5. The lowest BCUT2D eigenvalue weighted by Gasteiger charge is -1.99. The minimum absolute atomic E-state index is 0.0660. The van der Waals surface area contributed by atoms with E-state index in [0.29, 0.717) is 0 Å². The van der Waals surface area contributed by atoms with E-state index in [-0.39, 0.29) is 24.7 Å². The molecule has 0 saturated carbocycles. The number of hydrogen-bond acceptors (Lipinski definition) is 6. The van der Waals surface area contributed by atoms with Crippen LogP contribution in [0.25, 0.3) is 0 Å². The molecule has 0 spiro atoms. The zero-order chi connectivity index (χ0) is 13.1. The molecule has 2 atom stereocenters. The van der Waals surface area contributed by atoms with Gasteiger partial charge < -0.3 is 14.9 Å². The molecule has 0 saturated heterocycles. The normalized spacial score (nSPS) is 12.9. The molecule has 0 rings (SSSR count). The summed E-state index contributed by atoms with van der Waals surface area (Å²) in [4.78, 5) is 20.5. The van der Waals surface area contributed by atoms with Crippen LogP contribution in [0.2, 0.25) is 0 Å². The van der Waals surface area contributed by atoms with Crippen LogP contribution in [-0.2, 0) is 14.3 Å². The van der Waals surface area contributed by atoms with Gasteiger partial charge in [0, 0.05) is 0 Å². The summed E-state index contributed by atoms with van der Waals surface area (Å²) in [5.74, 6) is 3.99. The number of hydrazine groups is 1. The van der Waals surface area contributed by atoms with Crippen LogP contribution in [0.15, 0.2) is 0 Å². The van der Waals surface area contributed by atoms with Crippen LogP contribution in [0.4, 0.5) is 0 Å².